The third-order valence-corrected chi connectivity index (χ3v) is 1.70. The molecule has 0 aliphatic heterocycles. The van der Waals surface area contributed by atoms with E-state index >= 15 is 0 Å². The molecule has 0 aromatic rings. The minimum absolute atomic E-state index is 0.172. The Morgan fingerprint density at radius 2 is 2.13 bits per heavy atom. The Morgan fingerprint density at radius 1 is 1.47 bits per heavy atom. The number of amides is 2. The molecule has 0 heterocycles. The lowest BCUT2D eigenvalue weighted by Crippen LogP contribution is -2.47. The van der Waals surface area contributed by atoms with E-state index in [-0.39, 0.29) is 18.4 Å². The van der Waals surface area contributed by atoms with E-state index in [1.165, 1.54) is 0 Å². The summed E-state index contributed by atoms with van der Waals surface area (Å²) < 4.78 is 0. The van der Waals surface area contributed by atoms with Crippen LogP contribution in [0.15, 0.2) is 12.7 Å². The van der Waals surface area contributed by atoms with Gasteiger partial charge in [-0.2, -0.15) is 0 Å². The fourth-order valence-electron chi connectivity index (χ4n) is 0.973. The van der Waals surface area contributed by atoms with Gasteiger partial charge in [-0.25, -0.2) is 0 Å². The average Bonchev–Trinajstić information content (AvgIpc) is 2.18. The Labute approximate surface area is 90.3 Å². The zero-order valence-electron chi connectivity index (χ0n) is 9.30. The number of rotatable bonds is 7. The maximum absolute atomic E-state index is 11.2. The predicted molar refractivity (Wildman–Crippen MR) is 59.4 cm³/mol. The Kier molecular flexibility index (Phi) is 7.27. The maximum atomic E-state index is 11.2. The molecule has 2 amide bonds. The number of hydrogen-bond donors (Lipinski definition) is 3. The fourth-order valence-corrected chi connectivity index (χ4v) is 0.973. The van der Waals surface area contributed by atoms with Gasteiger partial charge in [0.15, 0.2) is 0 Å². The summed E-state index contributed by atoms with van der Waals surface area (Å²) in [5, 5.41) is 8.05. The summed E-state index contributed by atoms with van der Waals surface area (Å²) in [5.41, 5.74) is 0. The van der Waals surface area contributed by atoms with Gasteiger partial charge in [-0.1, -0.05) is 6.08 Å². The van der Waals surface area contributed by atoms with Crippen LogP contribution >= 0.6 is 0 Å². The van der Waals surface area contributed by atoms with Crippen molar-refractivity contribution in [2.24, 2.45) is 0 Å². The molecule has 15 heavy (non-hydrogen) atoms. The Bertz CT molecular complexity index is 229. The molecule has 0 radical (unpaired) electrons. The molecule has 0 fully saturated rings. The highest BCUT2D eigenvalue weighted by atomic mass is 16.2. The van der Waals surface area contributed by atoms with Gasteiger partial charge >= 0.3 is 0 Å². The Morgan fingerprint density at radius 3 is 2.67 bits per heavy atom. The molecule has 5 nitrogen and oxygen atoms in total. The second-order valence-corrected chi connectivity index (χ2v) is 3.10. The van der Waals surface area contributed by atoms with Gasteiger partial charge in [-0.3, -0.25) is 9.59 Å². The van der Waals surface area contributed by atoms with Crippen LogP contribution in [0.1, 0.15) is 13.8 Å². The molecule has 0 bridgehead atoms. The van der Waals surface area contributed by atoms with E-state index in [0.717, 1.165) is 0 Å². The second-order valence-electron chi connectivity index (χ2n) is 3.10. The van der Waals surface area contributed by atoms with E-state index in [1.807, 2.05) is 6.92 Å². The summed E-state index contributed by atoms with van der Waals surface area (Å²) in [7, 11) is 0. The van der Waals surface area contributed by atoms with Crippen LogP contribution < -0.4 is 16.0 Å². The van der Waals surface area contributed by atoms with Gasteiger partial charge in [0.1, 0.15) is 6.04 Å². The summed E-state index contributed by atoms with van der Waals surface area (Å²) in [5.74, 6) is -0.370. The minimum atomic E-state index is -0.497. The molecule has 1 atom stereocenters. The first-order valence-corrected chi connectivity index (χ1v) is 5.00. The van der Waals surface area contributed by atoms with Crippen molar-refractivity contribution in [2.45, 2.75) is 19.9 Å². The summed E-state index contributed by atoms with van der Waals surface area (Å²) in [4.78, 5) is 22.5. The van der Waals surface area contributed by atoms with Crippen molar-refractivity contribution in [3.63, 3.8) is 0 Å². The third-order valence-electron chi connectivity index (χ3n) is 1.70. The average molecular weight is 213 g/mol. The fraction of sp³-hybridized carbons (Fsp3) is 0.600. The van der Waals surface area contributed by atoms with Crippen molar-refractivity contribution in [1.29, 1.82) is 0 Å². The number of hydrogen-bond acceptors (Lipinski definition) is 3. The molecule has 0 aromatic heterocycles. The minimum Gasteiger partial charge on any atom is -0.355 e. The van der Waals surface area contributed by atoms with Gasteiger partial charge in [-0.05, 0) is 13.8 Å². The van der Waals surface area contributed by atoms with Gasteiger partial charge in [0, 0.05) is 13.1 Å². The van der Waals surface area contributed by atoms with Crippen molar-refractivity contribution in [3.05, 3.63) is 12.7 Å². The van der Waals surface area contributed by atoms with E-state index in [1.54, 1.807) is 13.0 Å². The van der Waals surface area contributed by atoms with Crippen LogP contribution in [-0.4, -0.2) is 37.5 Å². The lowest BCUT2D eigenvalue weighted by atomic mass is 10.3. The molecule has 0 saturated heterocycles. The number of carbonyl (C=O) groups excluding carboxylic acids is 2. The highest BCUT2D eigenvalue weighted by Crippen LogP contribution is 1.81. The standard InChI is InChI=1S/C10H19N3O2/c1-4-6-11-7-9(14)13-8(3)10(15)12-5-2/h4,8,11H,1,5-7H2,2-3H3,(H,12,15)(H,13,14). The van der Waals surface area contributed by atoms with Gasteiger partial charge in [-0.15, -0.1) is 6.58 Å². The maximum Gasteiger partial charge on any atom is 0.242 e. The van der Waals surface area contributed by atoms with Crippen molar-refractivity contribution >= 4 is 11.8 Å². The van der Waals surface area contributed by atoms with E-state index in [2.05, 4.69) is 22.5 Å². The molecular weight excluding hydrogens is 194 g/mol. The highest BCUT2D eigenvalue weighted by Gasteiger charge is 2.13. The summed E-state index contributed by atoms with van der Waals surface area (Å²) in [6.07, 6.45) is 1.67. The summed E-state index contributed by atoms with van der Waals surface area (Å²) in [6.45, 7) is 8.32. The first-order valence-electron chi connectivity index (χ1n) is 5.00. The van der Waals surface area contributed by atoms with Gasteiger partial charge in [0.25, 0.3) is 0 Å². The second kappa shape index (κ2) is 7.99. The van der Waals surface area contributed by atoms with Crippen LogP contribution in [0.2, 0.25) is 0 Å². The van der Waals surface area contributed by atoms with Crippen molar-refractivity contribution in [2.75, 3.05) is 19.6 Å². The van der Waals surface area contributed by atoms with E-state index < -0.39 is 6.04 Å². The molecule has 0 rings (SSSR count). The van der Waals surface area contributed by atoms with Gasteiger partial charge < -0.3 is 16.0 Å². The Hall–Kier alpha value is -1.36. The lowest BCUT2D eigenvalue weighted by Gasteiger charge is -2.13. The molecule has 5 heteroatoms. The van der Waals surface area contributed by atoms with Crippen molar-refractivity contribution in [1.82, 2.24) is 16.0 Å². The molecular formula is C10H19N3O2. The molecule has 86 valence electrons. The molecule has 0 spiro atoms. The van der Waals surface area contributed by atoms with E-state index in [4.69, 9.17) is 0 Å². The van der Waals surface area contributed by atoms with Crippen LogP contribution in [0.4, 0.5) is 0 Å². The van der Waals surface area contributed by atoms with E-state index in [0.29, 0.717) is 13.1 Å². The van der Waals surface area contributed by atoms with E-state index in [9.17, 15) is 9.59 Å². The van der Waals surface area contributed by atoms with Gasteiger partial charge in [0.05, 0.1) is 6.54 Å². The van der Waals surface area contributed by atoms with Crippen molar-refractivity contribution < 1.29 is 9.59 Å². The van der Waals surface area contributed by atoms with Crippen LogP contribution in [0.5, 0.6) is 0 Å². The van der Waals surface area contributed by atoms with Crippen LogP contribution in [-0.2, 0) is 9.59 Å². The van der Waals surface area contributed by atoms with Crippen LogP contribution in [0, 0.1) is 0 Å². The molecule has 1 unspecified atom stereocenters. The van der Waals surface area contributed by atoms with Crippen LogP contribution in [0.25, 0.3) is 0 Å². The van der Waals surface area contributed by atoms with Crippen LogP contribution in [0.3, 0.4) is 0 Å². The Balaban J connectivity index is 3.75. The lowest BCUT2D eigenvalue weighted by molar-refractivity contribution is -0.128. The molecule has 0 saturated carbocycles. The largest absolute Gasteiger partial charge is 0.355 e. The molecule has 0 aliphatic rings. The van der Waals surface area contributed by atoms with Gasteiger partial charge in [0.2, 0.25) is 11.8 Å². The normalized spacial score (nSPS) is 11.6. The zero-order valence-corrected chi connectivity index (χ0v) is 9.30. The number of carbonyl (C=O) groups is 2. The first kappa shape index (κ1) is 13.6. The smallest absolute Gasteiger partial charge is 0.242 e. The summed E-state index contributed by atoms with van der Waals surface area (Å²) in [6, 6.07) is -0.497. The SMILES string of the molecule is C=CCNCC(=O)NC(C)C(=O)NCC. The monoisotopic (exact) mass is 213 g/mol. The quantitative estimate of drug-likeness (QED) is 0.391. The summed E-state index contributed by atoms with van der Waals surface area (Å²) >= 11 is 0. The topological polar surface area (TPSA) is 70.2 Å². The number of nitrogens with one attached hydrogen (secondary N) is 3. The van der Waals surface area contributed by atoms with Crippen molar-refractivity contribution in [3.8, 4) is 0 Å². The predicted octanol–water partition coefficient (Wildman–Crippen LogP) is -0.597. The zero-order chi connectivity index (χ0) is 11.7. The third kappa shape index (κ3) is 6.68. The molecule has 0 aliphatic carbocycles. The molecule has 3 N–H and O–H groups in total. The number of likely N-dealkylation sites (N-methyl/N-ethyl adjacent to an activating group) is 1. The highest BCUT2D eigenvalue weighted by molar-refractivity contribution is 5.87. The first-order chi connectivity index (χ1) is 7.11. The molecule has 0 aromatic carbocycles.